The van der Waals surface area contributed by atoms with Crippen molar-refractivity contribution in [2.24, 2.45) is 0 Å². The lowest BCUT2D eigenvalue weighted by Crippen LogP contribution is -2.04. The summed E-state index contributed by atoms with van der Waals surface area (Å²) >= 11 is 5.57. The van der Waals surface area contributed by atoms with E-state index in [4.69, 9.17) is 16.7 Å². The van der Waals surface area contributed by atoms with Gasteiger partial charge in [-0.05, 0) is 6.07 Å². The van der Waals surface area contributed by atoms with Gasteiger partial charge in [-0.15, -0.1) is 0 Å². The van der Waals surface area contributed by atoms with Crippen LogP contribution in [0, 0.1) is 0 Å². The van der Waals surface area contributed by atoms with Gasteiger partial charge >= 0.3 is 5.97 Å². The monoisotopic (exact) mass is 186 g/mol. The molecule has 0 radical (unpaired) electrons. The summed E-state index contributed by atoms with van der Waals surface area (Å²) < 4.78 is 0. The van der Waals surface area contributed by atoms with E-state index < -0.39 is 5.97 Å². The molecule has 0 unspecified atom stereocenters. The molecule has 2 N–H and O–H groups in total. The highest BCUT2D eigenvalue weighted by molar-refractivity contribution is 6.33. The fourth-order valence-corrected chi connectivity index (χ4v) is 1.09. The van der Waals surface area contributed by atoms with Crippen molar-refractivity contribution in [2.45, 2.75) is 0 Å². The van der Waals surface area contributed by atoms with Gasteiger partial charge in [0.15, 0.2) is 0 Å². The summed E-state index contributed by atoms with van der Waals surface area (Å²) in [7, 11) is 1.62. The highest BCUT2D eigenvalue weighted by Crippen LogP contribution is 2.20. The van der Waals surface area contributed by atoms with Crippen LogP contribution < -0.4 is 5.32 Å². The predicted molar refractivity (Wildman–Crippen MR) is 45.8 cm³/mol. The Morgan fingerprint density at radius 3 is 2.83 bits per heavy atom. The summed E-state index contributed by atoms with van der Waals surface area (Å²) in [4.78, 5) is 14.3. The van der Waals surface area contributed by atoms with Crippen LogP contribution in [0.3, 0.4) is 0 Å². The van der Waals surface area contributed by atoms with E-state index in [2.05, 4.69) is 10.3 Å². The van der Waals surface area contributed by atoms with Crippen molar-refractivity contribution >= 4 is 23.3 Å². The fourth-order valence-electron chi connectivity index (χ4n) is 0.848. The van der Waals surface area contributed by atoms with Crippen LogP contribution in [0.25, 0.3) is 0 Å². The normalized spacial score (nSPS) is 9.50. The largest absolute Gasteiger partial charge is 0.478 e. The zero-order valence-electron chi connectivity index (χ0n) is 6.34. The molecule has 0 aliphatic rings. The number of hydrogen-bond donors (Lipinski definition) is 2. The summed E-state index contributed by atoms with van der Waals surface area (Å²) in [6.45, 7) is 0. The number of nitrogens with zero attached hydrogens (tertiary/aromatic N) is 1. The maximum atomic E-state index is 10.6. The predicted octanol–water partition coefficient (Wildman–Crippen LogP) is 1.47. The molecule has 1 rings (SSSR count). The second-order valence-electron chi connectivity index (χ2n) is 2.08. The average Bonchev–Trinajstić information content (AvgIpc) is 2.03. The number of hydrogen-bond acceptors (Lipinski definition) is 3. The molecule has 0 spiro atoms. The molecule has 1 heterocycles. The van der Waals surface area contributed by atoms with Crippen molar-refractivity contribution in [1.29, 1.82) is 0 Å². The molecule has 64 valence electrons. The molecule has 0 aliphatic heterocycles. The summed E-state index contributed by atoms with van der Waals surface area (Å²) in [5, 5.41) is 11.4. The van der Waals surface area contributed by atoms with Gasteiger partial charge in [0.1, 0.15) is 10.7 Å². The van der Waals surface area contributed by atoms with E-state index in [1.807, 2.05) is 0 Å². The maximum Gasteiger partial charge on any atom is 0.340 e. The molecule has 0 bridgehead atoms. The van der Waals surface area contributed by atoms with E-state index in [0.29, 0.717) is 5.69 Å². The fraction of sp³-hybridized carbons (Fsp3) is 0.143. The Labute approximate surface area is 74.2 Å². The van der Waals surface area contributed by atoms with Gasteiger partial charge in [-0.3, -0.25) is 0 Å². The Balaban J connectivity index is 3.29. The minimum Gasteiger partial charge on any atom is -0.478 e. The third kappa shape index (κ3) is 1.48. The maximum absolute atomic E-state index is 10.6. The van der Waals surface area contributed by atoms with Crippen LogP contribution in [-0.2, 0) is 0 Å². The van der Waals surface area contributed by atoms with Gasteiger partial charge in [-0.1, -0.05) is 11.6 Å². The number of carboxylic acid groups (broad SMARTS) is 1. The van der Waals surface area contributed by atoms with Gasteiger partial charge in [0.25, 0.3) is 0 Å². The van der Waals surface area contributed by atoms with Gasteiger partial charge in [-0.25, -0.2) is 9.78 Å². The van der Waals surface area contributed by atoms with E-state index in [0.717, 1.165) is 0 Å². The lowest BCUT2D eigenvalue weighted by molar-refractivity contribution is 0.0697. The van der Waals surface area contributed by atoms with Crippen LogP contribution in [0.4, 0.5) is 5.69 Å². The van der Waals surface area contributed by atoms with Gasteiger partial charge in [-0.2, -0.15) is 0 Å². The summed E-state index contributed by atoms with van der Waals surface area (Å²) in [5.74, 6) is -1.09. The molecule has 1 aromatic rings. The third-order valence-corrected chi connectivity index (χ3v) is 1.67. The molecule has 5 heteroatoms. The molecule has 12 heavy (non-hydrogen) atoms. The number of halogens is 1. The van der Waals surface area contributed by atoms with Gasteiger partial charge in [0.05, 0.1) is 5.69 Å². The zero-order chi connectivity index (χ0) is 9.14. The van der Waals surface area contributed by atoms with Gasteiger partial charge in [0.2, 0.25) is 0 Å². The Bertz CT molecular complexity index is 314. The smallest absolute Gasteiger partial charge is 0.340 e. The first kappa shape index (κ1) is 8.80. The highest BCUT2D eigenvalue weighted by Gasteiger charge is 2.13. The molecule has 0 aliphatic carbocycles. The van der Waals surface area contributed by atoms with Crippen LogP contribution in [0.5, 0.6) is 0 Å². The van der Waals surface area contributed by atoms with Crippen molar-refractivity contribution < 1.29 is 9.90 Å². The molecule has 4 nitrogen and oxygen atoms in total. The third-order valence-electron chi connectivity index (χ3n) is 1.39. The molecule has 0 saturated heterocycles. The second-order valence-corrected chi connectivity index (χ2v) is 2.44. The van der Waals surface area contributed by atoms with Crippen LogP contribution in [0.15, 0.2) is 12.3 Å². The van der Waals surface area contributed by atoms with Crippen LogP contribution >= 0.6 is 11.6 Å². The number of carboxylic acids is 1. The molecular weight excluding hydrogens is 180 g/mol. The number of pyridine rings is 1. The molecule has 0 aromatic carbocycles. The van der Waals surface area contributed by atoms with E-state index in [1.54, 1.807) is 13.1 Å². The minimum atomic E-state index is -1.09. The number of aromatic carboxylic acids is 1. The van der Waals surface area contributed by atoms with Crippen molar-refractivity contribution in [3.63, 3.8) is 0 Å². The van der Waals surface area contributed by atoms with E-state index in [9.17, 15) is 4.79 Å². The number of carbonyl (C=O) groups is 1. The number of aromatic nitrogens is 1. The summed E-state index contributed by atoms with van der Waals surface area (Å²) in [6, 6.07) is 1.55. The molecule has 0 atom stereocenters. The van der Waals surface area contributed by atoms with Crippen molar-refractivity contribution in [3.8, 4) is 0 Å². The van der Waals surface area contributed by atoms with Crippen molar-refractivity contribution in [2.75, 3.05) is 12.4 Å². The molecule has 0 fully saturated rings. The average molecular weight is 187 g/mol. The number of anilines is 1. The zero-order valence-corrected chi connectivity index (χ0v) is 7.09. The second kappa shape index (κ2) is 3.40. The molecule has 1 aromatic heterocycles. The standard InChI is InChI=1S/C7H7ClN2O2/c1-9-4-2-3-10-6(8)5(4)7(11)12/h2-3H,1H3,(H,9,10)(H,11,12). The Kier molecular flexibility index (Phi) is 2.50. The first-order valence-corrected chi connectivity index (χ1v) is 3.60. The quantitative estimate of drug-likeness (QED) is 0.687. The SMILES string of the molecule is CNc1ccnc(Cl)c1C(=O)O. The Morgan fingerprint density at radius 2 is 2.42 bits per heavy atom. The van der Waals surface area contributed by atoms with E-state index in [-0.39, 0.29) is 10.7 Å². The van der Waals surface area contributed by atoms with Gasteiger partial charge in [0, 0.05) is 13.2 Å². The topological polar surface area (TPSA) is 62.2 Å². The molecule has 0 amide bonds. The highest BCUT2D eigenvalue weighted by atomic mass is 35.5. The van der Waals surface area contributed by atoms with E-state index in [1.165, 1.54) is 6.20 Å². The van der Waals surface area contributed by atoms with Crippen LogP contribution in [0.1, 0.15) is 10.4 Å². The number of nitrogens with one attached hydrogen (secondary N) is 1. The number of rotatable bonds is 2. The lowest BCUT2D eigenvalue weighted by Gasteiger charge is -2.04. The van der Waals surface area contributed by atoms with Crippen molar-refractivity contribution in [3.05, 3.63) is 23.0 Å². The lowest BCUT2D eigenvalue weighted by atomic mass is 10.2. The van der Waals surface area contributed by atoms with Gasteiger partial charge < -0.3 is 10.4 Å². The Morgan fingerprint density at radius 1 is 1.75 bits per heavy atom. The molecular formula is C7H7ClN2O2. The van der Waals surface area contributed by atoms with Crippen LogP contribution in [0.2, 0.25) is 5.15 Å². The van der Waals surface area contributed by atoms with E-state index >= 15 is 0 Å². The van der Waals surface area contributed by atoms with Crippen LogP contribution in [-0.4, -0.2) is 23.1 Å². The summed E-state index contributed by atoms with van der Waals surface area (Å²) in [6.07, 6.45) is 1.45. The summed E-state index contributed by atoms with van der Waals surface area (Å²) in [5.41, 5.74) is 0.462. The first-order valence-electron chi connectivity index (χ1n) is 3.22. The minimum absolute atomic E-state index is 0.00154. The Hall–Kier alpha value is -1.29. The molecule has 0 saturated carbocycles. The first-order chi connectivity index (χ1) is 5.66. The van der Waals surface area contributed by atoms with Crippen molar-refractivity contribution in [1.82, 2.24) is 4.98 Å².